The molecule has 0 amide bonds. The van der Waals surface area contributed by atoms with Crippen molar-refractivity contribution in [3.05, 3.63) is 11.6 Å². The summed E-state index contributed by atoms with van der Waals surface area (Å²) >= 11 is 0. The predicted molar refractivity (Wildman–Crippen MR) is 70.5 cm³/mol. The number of hydrogen-bond acceptors (Lipinski definition) is 1. The molecule has 0 spiro atoms. The van der Waals surface area contributed by atoms with E-state index in [1.165, 1.54) is 45.1 Å². The molecule has 16 heavy (non-hydrogen) atoms. The van der Waals surface area contributed by atoms with Crippen LogP contribution in [0.3, 0.4) is 0 Å². The first-order chi connectivity index (χ1) is 7.69. The third-order valence-electron chi connectivity index (χ3n) is 4.48. The molecule has 2 rings (SSSR count). The van der Waals surface area contributed by atoms with Gasteiger partial charge in [-0.2, -0.15) is 0 Å². The van der Waals surface area contributed by atoms with E-state index in [-0.39, 0.29) is 0 Å². The van der Waals surface area contributed by atoms with Gasteiger partial charge in [0, 0.05) is 18.0 Å². The third-order valence-corrected chi connectivity index (χ3v) is 4.48. The molecule has 1 saturated carbocycles. The molecule has 0 aromatic rings. The van der Waals surface area contributed by atoms with E-state index < -0.39 is 0 Å². The molecule has 2 atom stereocenters. The zero-order valence-electron chi connectivity index (χ0n) is 11.2. The number of hydrogen-bond donors (Lipinski definition) is 1. The van der Waals surface area contributed by atoms with Crippen molar-refractivity contribution in [2.24, 2.45) is 11.3 Å². The quantitative estimate of drug-likeness (QED) is 0.694. The van der Waals surface area contributed by atoms with Crippen molar-refractivity contribution < 1.29 is 0 Å². The zero-order valence-corrected chi connectivity index (χ0v) is 11.2. The van der Waals surface area contributed by atoms with E-state index in [1.807, 2.05) is 0 Å². The van der Waals surface area contributed by atoms with Crippen molar-refractivity contribution >= 4 is 0 Å². The van der Waals surface area contributed by atoms with Crippen LogP contribution in [0, 0.1) is 11.3 Å². The van der Waals surface area contributed by atoms with Crippen molar-refractivity contribution in [3.8, 4) is 0 Å². The van der Waals surface area contributed by atoms with Gasteiger partial charge in [-0.1, -0.05) is 38.8 Å². The molecule has 1 nitrogen and oxygen atoms in total. The Morgan fingerprint density at radius 1 is 1.44 bits per heavy atom. The fourth-order valence-corrected chi connectivity index (χ4v) is 3.32. The van der Waals surface area contributed by atoms with Gasteiger partial charge < -0.3 is 5.32 Å². The van der Waals surface area contributed by atoms with E-state index in [0.29, 0.717) is 11.5 Å². The Morgan fingerprint density at radius 3 is 2.75 bits per heavy atom. The molecule has 0 aliphatic heterocycles. The minimum atomic E-state index is 0.569. The molecule has 0 aromatic carbocycles. The minimum absolute atomic E-state index is 0.569. The van der Waals surface area contributed by atoms with Gasteiger partial charge in [-0.25, -0.2) is 0 Å². The van der Waals surface area contributed by atoms with Crippen molar-refractivity contribution in [1.29, 1.82) is 0 Å². The SMILES string of the molecule is CCC1CC1(CNC(C)C)C1=CCCCC1. The monoisotopic (exact) mass is 221 g/mol. The van der Waals surface area contributed by atoms with Crippen LogP contribution in [0.2, 0.25) is 0 Å². The number of allylic oxidation sites excluding steroid dienone is 1. The van der Waals surface area contributed by atoms with E-state index >= 15 is 0 Å². The lowest BCUT2D eigenvalue weighted by molar-refractivity contribution is 0.424. The molecule has 1 fully saturated rings. The second-order valence-corrected chi connectivity index (χ2v) is 5.98. The van der Waals surface area contributed by atoms with Crippen molar-refractivity contribution in [1.82, 2.24) is 5.32 Å². The van der Waals surface area contributed by atoms with E-state index in [4.69, 9.17) is 0 Å². The zero-order chi connectivity index (χ0) is 11.6. The lowest BCUT2D eigenvalue weighted by Gasteiger charge is -2.26. The second-order valence-electron chi connectivity index (χ2n) is 5.98. The molecule has 1 heteroatoms. The van der Waals surface area contributed by atoms with Gasteiger partial charge in [0.25, 0.3) is 0 Å². The molecular formula is C15H27N. The normalized spacial score (nSPS) is 34.0. The fourth-order valence-electron chi connectivity index (χ4n) is 3.32. The molecular weight excluding hydrogens is 194 g/mol. The summed E-state index contributed by atoms with van der Waals surface area (Å²) < 4.78 is 0. The predicted octanol–water partition coefficient (Wildman–Crippen LogP) is 3.90. The van der Waals surface area contributed by atoms with Crippen LogP contribution in [0.1, 0.15) is 59.3 Å². The first kappa shape index (κ1) is 12.2. The minimum Gasteiger partial charge on any atom is -0.314 e. The number of rotatable bonds is 5. The summed E-state index contributed by atoms with van der Waals surface area (Å²) in [6.45, 7) is 8.08. The topological polar surface area (TPSA) is 12.0 Å². The van der Waals surface area contributed by atoms with Crippen LogP contribution in [-0.2, 0) is 0 Å². The summed E-state index contributed by atoms with van der Waals surface area (Å²) in [7, 11) is 0. The van der Waals surface area contributed by atoms with Gasteiger partial charge >= 0.3 is 0 Å². The summed E-state index contributed by atoms with van der Waals surface area (Å²) in [5.41, 5.74) is 2.36. The van der Waals surface area contributed by atoms with E-state index in [1.54, 1.807) is 5.57 Å². The molecule has 0 heterocycles. The highest BCUT2D eigenvalue weighted by molar-refractivity contribution is 5.27. The van der Waals surface area contributed by atoms with Crippen LogP contribution in [0.4, 0.5) is 0 Å². The molecule has 92 valence electrons. The van der Waals surface area contributed by atoms with Gasteiger partial charge in [-0.05, 0) is 38.0 Å². The van der Waals surface area contributed by atoms with Gasteiger partial charge in [-0.3, -0.25) is 0 Å². The van der Waals surface area contributed by atoms with Crippen LogP contribution in [0.25, 0.3) is 0 Å². The van der Waals surface area contributed by atoms with Crippen LogP contribution < -0.4 is 5.32 Å². The first-order valence-corrected chi connectivity index (χ1v) is 7.12. The lowest BCUT2D eigenvalue weighted by Crippen LogP contribution is -2.32. The van der Waals surface area contributed by atoms with Crippen LogP contribution >= 0.6 is 0 Å². The van der Waals surface area contributed by atoms with E-state index in [2.05, 4.69) is 32.2 Å². The van der Waals surface area contributed by atoms with Crippen LogP contribution in [-0.4, -0.2) is 12.6 Å². The first-order valence-electron chi connectivity index (χ1n) is 7.12. The van der Waals surface area contributed by atoms with Gasteiger partial charge in [0.2, 0.25) is 0 Å². The largest absolute Gasteiger partial charge is 0.314 e. The molecule has 0 aromatic heterocycles. The highest BCUT2D eigenvalue weighted by Gasteiger charge is 2.54. The van der Waals surface area contributed by atoms with Gasteiger partial charge in [0.15, 0.2) is 0 Å². The lowest BCUT2D eigenvalue weighted by atomic mass is 9.84. The summed E-state index contributed by atoms with van der Waals surface area (Å²) in [5, 5.41) is 3.67. The smallest absolute Gasteiger partial charge is 0.00681 e. The maximum absolute atomic E-state index is 3.67. The average Bonchev–Trinajstić information content (AvgIpc) is 3.03. The van der Waals surface area contributed by atoms with Crippen LogP contribution in [0.15, 0.2) is 11.6 Å². The third kappa shape index (κ3) is 2.34. The molecule has 2 aliphatic rings. The van der Waals surface area contributed by atoms with E-state index in [0.717, 1.165) is 5.92 Å². The summed E-state index contributed by atoms with van der Waals surface area (Å²) in [6, 6.07) is 0.624. The Hall–Kier alpha value is -0.300. The maximum Gasteiger partial charge on any atom is 0.00681 e. The Labute approximate surface area is 101 Å². The Balaban J connectivity index is 2.02. The Bertz CT molecular complexity index is 267. The van der Waals surface area contributed by atoms with Crippen LogP contribution in [0.5, 0.6) is 0 Å². The Kier molecular flexibility index (Phi) is 3.73. The molecule has 2 unspecified atom stereocenters. The molecule has 1 N–H and O–H groups in total. The fraction of sp³-hybridized carbons (Fsp3) is 0.867. The van der Waals surface area contributed by atoms with Gasteiger partial charge in [0.05, 0.1) is 0 Å². The van der Waals surface area contributed by atoms with Gasteiger partial charge in [-0.15, -0.1) is 0 Å². The highest BCUT2D eigenvalue weighted by atomic mass is 14.9. The van der Waals surface area contributed by atoms with Crippen molar-refractivity contribution in [2.45, 2.75) is 65.3 Å². The number of nitrogens with one attached hydrogen (secondary N) is 1. The second kappa shape index (κ2) is 4.91. The molecule has 0 radical (unpaired) electrons. The van der Waals surface area contributed by atoms with Gasteiger partial charge in [0.1, 0.15) is 0 Å². The molecule has 2 aliphatic carbocycles. The summed E-state index contributed by atoms with van der Waals surface area (Å²) in [6.07, 6.45) is 10.9. The molecule has 0 bridgehead atoms. The summed E-state index contributed by atoms with van der Waals surface area (Å²) in [5.74, 6) is 0.961. The van der Waals surface area contributed by atoms with E-state index in [9.17, 15) is 0 Å². The highest BCUT2D eigenvalue weighted by Crippen LogP contribution is 2.60. The Morgan fingerprint density at radius 2 is 2.25 bits per heavy atom. The molecule has 0 saturated heterocycles. The standard InChI is InChI=1S/C15H27N/c1-4-13-10-15(13,11-16-12(2)3)14-8-6-5-7-9-14/h8,12-13,16H,4-7,9-11H2,1-3H3. The maximum atomic E-state index is 3.67. The average molecular weight is 221 g/mol. The van der Waals surface area contributed by atoms with Crippen molar-refractivity contribution in [2.75, 3.05) is 6.54 Å². The van der Waals surface area contributed by atoms with Crippen molar-refractivity contribution in [3.63, 3.8) is 0 Å². The summed E-state index contributed by atoms with van der Waals surface area (Å²) in [4.78, 5) is 0.